The molecule has 0 amide bonds. The molecule has 1 aliphatic rings. The molecule has 1 fully saturated rings. The fraction of sp³-hybridized carbons (Fsp3) is 0.375. The van der Waals surface area contributed by atoms with Crippen molar-refractivity contribution in [3.63, 3.8) is 0 Å². The third-order valence-corrected chi connectivity index (χ3v) is 5.84. The number of fused-ring (bicyclic) bond motifs is 1. The number of hydrogen-bond donors (Lipinski definition) is 2. The Kier molecular flexibility index (Phi) is 7.05. The molecule has 2 heterocycles. The van der Waals surface area contributed by atoms with E-state index in [2.05, 4.69) is 15.4 Å². The number of carbonyl (C=O) groups is 2. The molecular weight excluding hydrogens is 440 g/mol. The van der Waals surface area contributed by atoms with Crippen molar-refractivity contribution in [1.29, 1.82) is 0 Å². The molecule has 10 heteroatoms. The highest BCUT2D eigenvalue weighted by molar-refractivity contribution is 5.95. The van der Waals surface area contributed by atoms with Gasteiger partial charge in [0.15, 0.2) is 5.69 Å². The number of ether oxygens (including phenoxy) is 2. The molecule has 0 spiro atoms. The summed E-state index contributed by atoms with van der Waals surface area (Å²) in [5.41, 5.74) is -0.512. The predicted molar refractivity (Wildman–Crippen MR) is 124 cm³/mol. The second kappa shape index (κ2) is 10.3. The monoisotopic (exact) mass is 466 g/mol. The van der Waals surface area contributed by atoms with E-state index in [0.717, 1.165) is 47.6 Å². The molecule has 1 aromatic carbocycles. The van der Waals surface area contributed by atoms with Gasteiger partial charge in [0.2, 0.25) is 0 Å². The van der Waals surface area contributed by atoms with Gasteiger partial charge >= 0.3 is 12.1 Å². The van der Waals surface area contributed by atoms with Crippen LogP contribution in [0.3, 0.4) is 0 Å². The minimum absolute atomic E-state index is 0.0436. The highest BCUT2D eigenvalue weighted by Gasteiger charge is 2.25. The van der Waals surface area contributed by atoms with Crippen molar-refractivity contribution < 1.29 is 24.2 Å². The number of nitrogens with zero attached hydrogens (tertiary/aromatic N) is 3. The van der Waals surface area contributed by atoms with Gasteiger partial charge in [0.1, 0.15) is 18.4 Å². The van der Waals surface area contributed by atoms with Crippen LogP contribution in [0.25, 0.3) is 10.8 Å². The highest BCUT2D eigenvalue weighted by Crippen LogP contribution is 2.27. The zero-order valence-electron chi connectivity index (χ0n) is 18.8. The summed E-state index contributed by atoms with van der Waals surface area (Å²) in [5.74, 6) is -1.35. The smallest absolute Gasteiger partial charge is 0.476 e. The van der Waals surface area contributed by atoms with E-state index in [1.165, 1.54) is 0 Å². The fourth-order valence-corrected chi connectivity index (χ4v) is 4.09. The van der Waals surface area contributed by atoms with E-state index in [1.54, 1.807) is 19.3 Å². The summed E-state index contributed by atoms with van der Waals surface area (Å²) in [6, 6.07) is 7.44. The minimum atomic E-state index is -1.35. The summed E-state index contributed by atoms with van der Waals surface area (Å²) in [4.78, 5) is 41.6. The lowest BCUT2D eigenvalue weighted by Crippen LogP contribution is -2.30. The van der Waals surface area contributed by atoms with E-state index in [-0.39, 0.29) is 29.6 Å². The third kappa shape index (κ3) is 5.00. The summed E-state index contributed by atoms with van der Waals surface area (Å²) in [5, 5.41) is 18.4. The first-order valence-electron chi connectivity index (χ1n) is 11.3. The summed E-state index contributed by atoms with van der Waals surface area (Å²) in [6.07, 6.45) is 6.71. The molecule has 0 bridgehead atoms. The molecule has 10 nitrogen and oxygen atoms in total. The van der Waals surface area contributed by atoms with E-state index in [0.29, 0.717) is 5.69 Å². The number of carboxylic acid groups (broad SMARTS) is 1. The Morgan fingerprint density at radius 2 is 1.94 bits per heavy atom. The maximum absolute atomic E-state index is 13.2. The molecule has 178 valence electrons. The summed E-state index contributed by atoms with van der Waals surface area (Å²) < 4.78 is 11.7. The first-order chi connectivity index (χ1) is 16.5. The molecule has 0 unspecified atom stereocenters. The van der Waals surface area contributed by atoms with Crippen LogP contribution in [-0.2, 0) is 22.6 Å². The van der Waals surface area contributed by atoms with Crippen molar-refractivity contribution >= 4 is 34.3 Å². The van der Waals surface area contributed by atoms with Crippen molar-refractivity contribution in [2.24, 2.45) is 0 Å². The van der Waals surface area contributed by atoms with Crippen LogP contribution in [0, 0.1) is 0 Å². The molecule has 2 aromatic heterocycles. The number of hydrogen-bond acceptors (Lipinski definition) is 8. The van der Waals surface area contributed by atoms with Crippen LogP contribution in [0.1, 0.15) is 55.1 Å². The van der Waals surface area contributed by atoms with Crippen molar-refractivity contribution in [2.45, 2.75) is 58.3 Å². The molecule has 3 aromatic rings. The van der Waals surface area contributed by atoms with E-state index in [1.807, 2.05) is 24.3 Å². The second-order valence-corrected chi connectivity index (χ2v) is 8.08. The van der Waals surface area contributed by atoms with Crippen molar-refractivity contribution in [2.75, 3.05) is 5.32 Å². The average Bonchev–Trinajstić information content (AvgIpc) is 2.85. The van der Waals surface area contributed by atoms with Crippen LogP contribution in [0.2, 0.25) is 0 Å². The molecule has 0 saturated heterocycles. The van der Waals surface area contributed by atoms with Crippen LogP contribution in [0.15, 0.2) is 41.5 Å². The first-order valence-corrected chi connectivity index (χ1v) is 11.3. The zero-order valence-corrected chi connectivity index (χ0v) is 18.8. The standard InChI is InChI=1S/C24H26N4O6/c1-2-28-22(29)20(26-19-13-25-12-15-8-6-7-11-17(15)19)18(21(27-28)23(30)31)14-33-24(32)34-16-9-4-3-5-10-16/h6-8,11-13,16,26H,2-5,9-10,14H2,1H3,(H,30,31). The van der Waals surface area contributed by atoms with Gasteiger partial charge < -0.3 is 19.9 Å². The van der Waals surface area contributed by atoms with Crippen LogP contribution in [0.4, 0.5) is 16.2 Å². The maximum atomic E-state index is 13.2. The molecule has 0 radical (unpaired) electrons. The lowest BCUT2D eigenvalue weighted by atomic mass is 9.98. The van der Waals surface area contributed by atoms with E-state index in [4.69, 9.17) is 9.47 Å². The number of pyridine rings is 1. The van der Waals surface area contributed by atoms with Gasteiger partial charge in [0.25, 0.3) is 5.56 Å². The van der Waals surface area contributed by atoms with Gasteiger partial charge in [-0.05, 0) is 32.6 Å². The SMILES string of the molecule is CCn1nc(C(=O)O)c(COC(=O)OC2CCCCC2)c(Nc2cncc3ccccc23)c1=O. The van der Waals surface area contributed by atoms with Gasteiger partial charge in [-0.25, -0.2) is 14.3 Å². The van der Waals surface area contributed by atoms with E-state index in [9.17, 15) is 19.5 Å². The minimum Gasteiger partial charge on any atom is -0.476 e. The first kappa shape index (κ1) is 23.2. The van der Waals surface area contributed by atoms with Crippen molar-refractivity contribution in [3.8, 4) is 0 Å². The number of nitrogens with one attached hydrogen (secondary N) is 1. The van der Waals surface area contributed by atoms with Gasteiger partial charge in [-0.2, -0.15) is 5.10 Å². The maximum Gasteiger partial charge on any atom is 0.508 e. The van der Waals surface area contributed by atoms with Crippen LogP contribution in [-0.4, -0.2) is 38.1 Å². The van der Waals surface area contributed by atoms with E-state index < -0.39 is 24.3 Å². The Morgan fingerprint density at radius 3 is 2.68 bits per heavy atom. The van der Waals surface area contributed by atoms with Gasteiger partial charge in [0, 0.05) is 23.5 Å². The number of aryl methyl sites for hydroxylation is 1. The summed E-state index contributed by atoms with van der Waals surface area (Å²) in [6.45, 7) is 1.36. The number of aromatic carboxylic acids is 1. The number of benzene rings is 1. The van der Waals surface area contributed by atoms with Gasteiger partial charge in [-0.1, -0.05) is 30.7 Å². The average molecular weight is 466 g/mol. The Morgan fingerprint density at radius 1 is 1.18 bits per heavy atom. The topological polar surface area (TPSA) is 133 Å². The zero-order chi connectivity index (χ0) is 24.1. The number of aromatic nitrogens is 3. The molecule has 0 atom stereocenters. The Labute approximate surface area is 195 Å². The van der Waals surface area contributed by atoms with Gasteiger partial charge in [0.05, 0.1) is 17.4 Å². The third-order valence-electron chi connectivity index (χ3n) is 5.84. The largest absolute Gasteiger partial charge is 0.508 e. The van der Waals surface area contributed by atoms with E-state index >= 15 is 0 Å². The molecule has 1 aliphatic carbocycles. The summed E-state index contributed by atoms with van der Waals surface area (Å²) in [7, 11) is 0. The second-order valence-electron chi connectivity index (χ2n) is 8.08. The van der Waals surface area contributed by atoms with Gasteiger partial charge in [-0.15, -0.1) is 0 Å². The number of carbonyl (C=O) groups excluding carboxylic acids is 1. The van der Waals surface area contributed by atoms with Gasteiger partial charge in [-0.3, -0.25) is 9.78 Å². The molecule has 1 saturated carbocycles. The Bertz CT molecular complexity index is 1260. The highest BCUT2D eigenvalue weighted by atomic mass is 16.7. The van der Waals surface area contributed by atoms with Crippen LogP contribution in [0.5, 0.6) is 0 Å². The van der Waals surface area contributed by atoms with Crippen molar-refractivity contribution in [3.05, 3.63) is 58.3 Å². The molecular formula is C24H26N4O6. The van der Waals surface area contributed by atoms with Crippen LogP contribution < -0.4 is 10.9 Å². The lowest BCUT2D eigenvalue weighted by molar-refractivity contribution is 0.00700. The number of rotatable bonds is 7. The van der Waals surface area contributed by atoms with Crippen molar-refractivity contribution in [1.82, 2.24) is 14.8 Å². The Balaban J connectivity index is 1.69. The predicted octanol–water partition coefficient (Wildman–Crippen LogP) is 4.24. The molecule has 4 rings (SSSR count). The summed E-state index contributed by atoms with van der Waals surface area (Å²) >= 11 is 0. The Hall–Kier alpha value is -3.95. The van der Waals surface area contributed by atoms with Crippen LogP contribution >= 0.6 is 0 Å². The molecule has 34 heavy (non-hydrogen) atoms. The molecule has 0 aliphatic heterocycles. The lowest BCUT2D eigenvalue weighted by Gasteiger charge is -2.21. The number of anilines is 2. The molecule has 2 N–H and O–H groups in total. The number of carboxylic acids is 1. The quantitative estimate of drug-likeness (QED) is 0.491. The fourth-order valence-electron chi connectivity index (χ4n) is 4.09. The normalized spacial score (nSPS) is 14.0.